The smallest absolute Gasteiger partial charge is 0.227 e. The number of rotatable bonds is 4. The minimum Gasteiger partial charge on any atom is -0.496 e. The summed E-state index contributed by atoms with van der Waals surface area (Å²) in [5, 5.41) is 3.40. The molecule has 0 saturated carbocycles. The van der Waals surface area contributed by atoms with Crippen molar-refractivity contribution < 1.29 is 9.53 Å². The lowest BCUT2D eigenvalue weighted by Gasteiger charge is -2.37. The van der Waals surface area contributed by atoms with Gasteiger partial charge < -0.3 is 15.0 Å². The molecule has 1 atom stereocenters. The van der Waals surface area contributed by atoms with Gasteiger partial charge in [-0.05, 0) is 24.1 Å². The number of carbonyl (C=O) groups is 1. The number of methoxy groups -OCH3 is 1. The minimum atomic E-state index is 0.00594. The maximum absolute atomic E-state index is 13.0. The fourth-order valence-corrected chi connectivity index (χ4v) is 3.30. The number of benzene rings is 2. The van der Waals surface area contributed by atoms with Crippen LogP contribution < -0.4 is 10.1 Å². The first-order valence-electron chi connectivity index (χ1n) is 8.38. The highest BCUT2D eigenvalue weighted by molar-refractivity contribution is 5.80. The molecule has 24 heavy (non-hydrogen) atoms. The predicted molar refractivity (Wildman–Crippen MR) is 95.2 cm³/mol. The van der Waals surface area contributed by atoms with E-state index in [9.17, 15) is 4.79 Å². The molecule has 2 aromatic rings. The molecular formula is C20H24N2O2. The third-order valence-electron chi connectivity index (χ3n) is 4.66. The molecule has 1 fully saturated rings. The Morgan fingerprint density at radius 1 is 1.21 bits per heavy atom. The van der Waals surface area contributed by atoms with Crippen molar-refractivity contribution in [2.24, 2.45) is 0 Å². The molecular weight excluding hydrogens is 300 g/mol. The lowest BCUT2D eigenvalue weighted by atomic mass is 10.00. The van der Waals surface area contributed by atoms with Crippen LogP contribution in [-0.2, 0) is 11.2 Å². The topological polar surface area (TPSA) is 41.6 Å². The van der Waals surface area contributed by atoms with Crippen LogP contribution >= 0.6 is 0 Å². The van der Waals surface area contributed by atoms with Gasteiger partial charge in [-0.3, -0.25) is 4.79 Å². The summed E-state index contributed by atoms with van der Waals surface area (Å²) in [5.74, 6) is 1.00. The predicted octanol–water partition coefficient (Wildman–Crippen LogP) is 2.72. The molecule has 3 rings (SSSR count). The van der Waals surface area contributed by atoms with Crippen LogP contribution in [0.1, 0.15) is 22.7 Å². The summed E-state index contributed by atoms with van der Waals surface area (Å²) < 4.78 is 5.50. The summed E-state index contributed by atoms with van der Waals surface area (Å²) in [6.45, 7) is 4.34. The lowest BCUT2D eigenvalue weighted by molar-refractivity contribution is -0.133. The van der Waals surface area contributed by atoms with Gasteiger partial charge in [0.1, 0.15) is 5.75 Å². The number of nitrogens with zero attached hydrogens (tertiary/aromatic N) is 1. The molecule has 0 radical (unpaired) electrons. The van der Waals surface area contributed by atoms with Crippen LogP contribution in [0.4, 0.5) is 0 Å². The van der Waals surface area contributed by atoms with Gasteiger partial charge in [-0.15, -0.1) is 0 Å². The quantitative estimate of drug-likeness (QED) is 0.940. The van der Waals surface area contributed by atoms with E-state index < -0.39 is 0 Å². The Labute approximate surface area is 143 Å². The Bertz CT molecular complexity index is 714. The monoisotopic (exact) mass is 324 g/mol. The number of aryl methyl sites for hydroxylation is 1. The van der Waals surface area contributed by atoms with Gasteiger partial charge in [0.2, 0.25) is 5.91 Å². The normalized spacial score (nSPS) is 17.6. The van der Waals surface area contributed by atoms with Crippen molar-refractivity contribution >= 4 is 5.91 Å². The van der Waals surface area contributed by atoms with E-state index in [1.807, 2.05) is 47.4 Å². The van der Waals surface area contributed by atoms with Crippen molar-refractivity contribution in [3.63, 3.8) is 0 Å². The highest BCUT2D eigenvalue weighted by atomic mass is 16.5. The number of amides is 1. The Kier molecular flexibility index (Phi) is 5.16. The Morgan fingerprint density at radius 2 is 1.96 bits per heavy atom. The molecule has 1 aliphatic rings. The molecule has 0 spiro atoms. The number of para-hydroxylation sites is 1. The van der Waals surface area contributed by atoms with Crippen molar-refractivity contribution in [1.29, 1.82) is 0 Å². The van der Waals surface area contributed by atoms with Crippen molar-refractivity contribution in [3.05, 3.63) is 65.2 Å². The summed E-state index contributed by atoms with van der Waals surface area (Å²) in [7, 11) is 1.68. The van der Waals surface area contributed by atoms with E-state index in [0.717, 1.165) is 35.5 Å². The summed E-state index contributed by atoms with van der Waals surface area (Å²) in [5.41, 5.74) is 3.32. The second-order valence-corrected chi connectivity index (χ2v) is 6.15. The third-order valence-corrected chi connectivity index (χ3v) is 4.66. The molecule has 1 heterocycles. The second kappa shape index (κ2) is 7.49. The minimum absolute atomic E-state index is 0.00594. The average molecular weight is 324 g/mol. The van der Waals surface area contributed by atoms with E-state index in [-0.39, 0.29) is 11.9 Å². The van der Waals surface area contributed by atoms with E-state index in [4.69, 9.17) is 4.74 Å². The highest BCUT2D eigenvalue weighted by Gasteiger charge is 2.29. The fourth-order valence-electron chi connectivity index (χ4n) is 3.30. The van der Waals surface area contributed by atoms with Crippen LogP contribution in [0.3, 0.4) is 0 Å². The number of hydrogen-bond donors (Lipinski definition) is 1. The molecule has 4 heteroatoms. The van der Waals surface area contributed by atoms with Crippen molar-refractivity contribution in [2.75, 3.05) is 26.7 Å². The van der Waals surface area contributed by atoms with Gasteiger partial charge in [-0.2, -0.15) is 0 Å². The molecule has 0 aromatic heterocycles. The molecule has 2 aromatic carbocycles. The summed E-state index contributed by atoms with van der Waals surface area (Å²) in [4.78, 5) is 14.9. The maximum Gasteiger partial charge on any atom is 0.227 e. The first-order valence-corrected chi connectivity index (χ1v) is 8.38. The zero-order valence-corrected chi connectivity index (χ0v) is 14.3. The maximum atomic E-state index is 13.0. The molecule has 126 valence electrons. The van der Waals surface area contributed by atoms with E-state index >= 15 is 0 Å². The van der Waals surface area contributed by atoms with Crippen molar-refractivity contribution in [3.8, 4) is 5.75 Å². The number of nitrogens with one attached hydrogen (secondary N) is 1. The Morgan fingerprint density at radius 3 is 2.75 bits per heavy atom. The van der Waals surface area contributed by atoms with Gasteiger partial charge in [0.05, 0.1) is 19.6 Å². The van der Waals surface area contributed by atoms with E-state index in [1.165, 1.54) is 0 Å². The summed E-state index contributed by atoms with van der Waals surface area (Å²) in [6, 6.07) is 16.0. The Balaban J connectivity index is 1.84. The first-order chi connectivity index (χ1) is 11.7. The number of piperazine rings is 1. The van der Waals surface area contributed by atoms with Gasteiger partial charge in [0.25, 0.3) is 0 Å². The lowest BCUT2D eigenvalue weighted by Crippen LogP contribution is -2.49. The van der Waals surface area contributed by atoms with Crippen LogP contribution in [0, 0.1) is 6.92 Å². The van der Waals surface area contributed by atoms with E-state index in [0.29, 0.717) is 13.0 Å². The standard InChI is InChI=1S/C20H24N2O2/c1-15-7-3-4-8-16(15)13-20(23)22-12-11-21-14-18(22)17-9-5-6-10-19(17)24-2/h3-10,18,21H,11-14H2,1-2H3. The zero-order valence-electron chi connectivity index (χ0n) is 14.3. The second-order valence-electron chi connectivity index (χ2n) is 6.15. The van der Waals surface area contributed by atoms with Crippen molar-refractivity contribution in [1.82, 2.24) is 10.2 Å². The Hall–Kier alpha value is -2.33. The SMILES string of the molecule is COc1ccccc1C1CNCCN1C(=O)Cc1ccccc1C. The van der Waals surface area contributed by atoms with E-state index in [2.05, 4.69) is 18.3 Å². The number of carbonyl (C=O) groups excluding carboxylic acids is 1. The molecule has 0 bridgehead atoms. The summed E-state index contributed by atoms with van der Waals surface area (Å²) >= 11 is 0. The van der Waals surface area contributed by atoms with Crippen LogP contribution in [0.5, 0.6) is 5.75 Å². The van der Waals surface area contributed by atoms with Crippen molar-refractivity contribution in [2.45, 2.75) is 19.4 Å². The molecule has 1 N–H and O–H groups in total. The third kappa shape index (κ3) is 3.44. The van der Waals surface area contributed by atoms with E-state index in [1.54, 1.807) is 7.11 Å². The fraction of sp³-hybridized carbons (Fsp3) is 0.350. The molecule has 1 unspecified atom stereocenters. The van der Waals surface area contributed by atoms with Gasteiger partial charge >= 0.3 is 0 Å². The van der Waals surface area contributed by atoms with Gasteiger partial charge in [-0.1, -0.05) is 42.5 Å². The molecule has 0 aliphatic carbocycles. The van der Waals surface area contributed by atoms with Gasteiger partial charge in [0, 0.05) is 25.2 Å². The molecule has 1 amide bonds. The molecule has 1 aliphatic heterocycles. The molecule has 4 nitrogen and oxygen atoms in total. The largest absolute Gasteiger partial charge is 0.496 e. The number of hydrogen-bond acceptors (Lipinski definition) is 3. The van der Waals surface area contributed by atoms with Gasteiger partial charge in [0.15, 0.2) is 0 Å². The van der Waals surface area contributed by atoms with Crippen LogP contribution in [0.2, 0.25) is 0 Å². The summed E-state index contributed by atoms with van der Waals surface area (Å²) in [6.07, 6.45) is 0.443. The van der Waals surface area contributed by atoms with Gasteiger partial charge in [-0.25, -0.2) is 0 Å². The van der Waals surface area contributed by atoms with Crippen LogP contribution in [0.25, 0.3) is 0 Å². The zero-order chi connectivity index (χ0) is 16.9. The first kappa shape index (κ1) is 16.5. The highest BCUT2D eigenvalue weighted by Crippen LogP contribution is 2.30. The molecule has 1 saturated heterocycles. The van der Waals surface area contributed by atoms with Crippen LogP contribution in [0.15, 0.2) is 48.5 Å². The van der Waals surface area contributed by atoms with Crippen LogP contribution in [-0.4, -0.2) is 37.6 Å². The number of ether oxygens (including phenoxy) is 1. The average Bonchev–Trinajstić information content (AvgIpc) is 2.63.